The zero-order chi connectivity index (χ0) is 15.4. The lowest BCUT2D eigenvalue weighted by molar-refractivity contribution is -0.384. The summed E-state index contributed by atoms with van der Waals surface area (Å²) < 4.78 is 10.6. The van der Waals surface area contributed by atoms with Crippen LogP contribution in [0.15, 0.2) is 36.5 Å². The topological polar surface area (TPSA) is 91.6 Å². The Morgan fingerprint density at radius 1 is 1.24 bits per heavy atom. The van der Waals surface area contributed by atoms with Crippen molar-refractivity contribution in [1.82, 2.24) is 4.98 Å². The van der Waals surface area contributed by atoms with Crippen LogP contribution in [0, 0.1) is 10.1 Å². The molecule has 108 valence electrons. The monoisotopic (exact) mass is 288 g/mol. The second-order valence-electron chi connectivity index (χ2n) is 4.13. The third kappa shape index (κ3) is 3.33. The van der Waals surface area contributed by atoms with E-state index in [1.165, 1.54) is 44.5 Å². The smallest absolute Gasteiger partial charge is 0.273 e. The van der Waals surface area contributed by atoms with Gasteiger partial charge in [0.15, 0.2) is 17.3 Å². The average Bonchev–Trinajstić information content (AvgIpc) is 2.47. The Labute approximate surface area is 120 Å². The molecule has 0 aliphatic carbocycles. The highest BCUT2D eigenvalue weighted by molar-refractivity contribution is 5.94. The molecular formula is C14H12N2O5. The fourth-order valence-corrected chi connectivity index (χ4v) is 1.65. The number of nitro benzene ring substituents is 1. The molecule has 0 aliphatic rings. The van der Waals surface area contributed by atoms with Gasteiger partial charge in [-0.1, -0.05) is 0 Å². The fraction of sp³-hybridized carbons (Fsp3) is 0.143. The molecule has 1 aromatic heterocycles. The number of carbonyl (C=O) groups is 1. The number of Topliss-reactive ketones (excluding diaryl/α,β-unsaturated/α-hetero) is 1. The van der Waals surface area contributed by atoms with Crippen LogP contribution in [0.25, 0.3) is 0 Å². The summed E-state index contributed by atoms with van der Waals surface area (Å²) in [4.78, 5) is 25.5. The first-order valence-corrected chi connectivity index (χ1v) is 5.98. The number of nitrogens with zero attached hydrogens (tertiary/aromatic N) is 2. The number of non-ortho nitro benzene ring substituents is 1. The van der Waals surface area contributed by atoms with Gasteiger partial charge < -0.3 is 9.47 Å². The van der Waals surface area contributed by atoms with E-state index < -0.39 is 4.92 Å². The molecule has 0 amide bonds. The lowest BCUT2D eigenvalue weighted by Gasteiger charge is -2.09. The van der Waals surface area contributed by atoms with Crippen LogP contribution in [-0.4, -0.2) is 22.8 Å². The van der Waals surface area contributed by atoms with Gasteiger partial charge in [-0.05, 0) is 19.1 Å². The van der Waals surface area contributed by atoms with Gasteiger partial charge in [0, 0.05) is 23.9 Å². The lowest BCUT2D eigenvalue weighted by Crippen LogP contribution is -1.97. The van der Waals surface area contributed by atoms with E-state index in [4.69, 9.17) is 9.47 Å². The molecule has 0 saturated carbocycles. The predicted molar refractivity (Wildman–Crippen MR) is 74.0 cm³/mol. The van der Waals surface area contributed by atoms with Crippen LogP contribution in [0.3, 0.4) is 0 Å². The zero-order valence-corrected chi connectivity index (χ0v) is 11.4. The first-order valence-electron chi connectivity index (χ1n) is 5.98. The number of benzene rings is 1. The van der Waals surface area contributed by atoms with Gasteiger partial charge >= 0.3 is 0 Å². The quantitative estimate of drug-likeness (QED) is 0.477. The van der Waals surface area contributed by atoms with Crippen LogP contribution in [0.5, 0.6) is 17.4 Å². The molecule has 0 atom stereocenters. The van der Waals surface area contributed by atoms with Crippen LogP contribution >= 0.6 is 0 Å². The summed E-state index contributed by atoms with van der Waals surface area (Å²) in [5, 5.41) is 10.7. The number of methoxy groups -OCH3 is 1. The van der Waals surface area contributed by atoms with E-state index in [0.29, 0.717) is 5.56 Å². The van der Waals surface area contributed by atoms with Crippen LogP contribution in [0.1, 0.15) is 17.3 Å². The van der Waals surface area contributed by atoms with Gasteiger partial charge in [-0.2, -0.15) is 0 Å². The predicted octanol–water partition coefficient (Wildman–Crippen LogP) is 2.99. The van der Waals surface area contributed by atoms with E-state index in [-0.39, 0.29) is 28.8 Å². The summed E-state index contributed by atoms with van der Waals surface area (Å²) in [5.41, 5.74) is 0.352. The van der Waals surface area contributed by atoms with Crippen LogP contribution < -0.4 is 9.47 Å². The highest BCUT2D eigenvalue weighted by atomic mass is 16.6. The van der Waals surface area contributed by atoms with Crippen molar-refractivity contribution in [1.29, 1.82) is 0 Å². The van der Waals surface area contributed by atoms with Crippen LogP contribution in [0.2, 0.25) is 0 Å². The molecule has 0 N–H and O–H groups in total. The minimum atomic E-state index is -0.527. The summed E-state index contributed by atoms with van der Waals surface area (Å²) in [6.45, 7) is 1.44. The minimum absolute atomic E-state index is 0.107. The highest BCUT2D eigenvalue weighted by Gasteiger charge is 2.13. The Bertz CT molecular complexity index is 700. The average molecular weight is 288 g/mol. The molecule has 21 heavy (non-hydrogen) atoms. The second kappa shape index (κ2) is 6.00. The number of ether oxygens (including phenoxy) is 2. The van der Waals surface area contributed by atoms with Gasteiger partial charge in [0.05, 0.1) is 18.1 Å². The number of pyridine rings is 1. The van der Waals surface area contributed by atoms with Gasteiger partial charge in [-0.3, -0.25) is 14.9 Å². The summed E-state index contributed by atoms with van der Waals surface area (Å²) >= 11 is 0. The largest absolute Gasteiger partial charge is 0.493 e. The van der Waals surface area contributed by atoms with E-state index in [0.717, 1.165) is 0 Å². The molecule has 0 unspecified atom stereocenters. The number of carbonyl (C=O) groups excluding carboxylic acids is 1. The molecular weight excluding hydrogens is 276 g/mol. The molecule has 1 aromatic carbocycles. The number of ketones is 1. The standard InChI is InChI=1S/C14H12N2O5/c1-9(17)10-5-6-15-14(7-10)21-12-4-3-11(16(18)19)8-13(12)20-2/h3-8H,1-2H3. The molecule has 0 fully saturated rings. The Balaban J connectivity index is 2.33. The zero-order valence-electron chi connectivity index (χ0n) is 11.4. The maximum atomic E-state index is 11.3. The Morgan fingerprint density at radius 2 is 2.00 bits per heavy atom. The molecule has 2 aromatic rings. The third-order valence-corrected chi connectivity index (χ3v) is 2.71. The van der Waals surface area contributed by atoms with Gasteiger partial charge in [0.1, 0.15) is 0 Å². The van der Waals surface area contributed by atoms with Gasteiger partial charge in [0.25, 0.3) is 5.69 Å². The Morgan fingerprint density at radius 3 is 2.62 bits per heavy atom. The van der Waals surface area contributed by atoms with Crippen molar-refractivity contribution in [3.63, 3.8) is 0 Å². The van der Waals surface area contributed by atoms with Crippen molar-refractivity contribution in [3.8, 4) is 17.4 Å². The first-order chi connectivity index (χ1) is 10.0. The minimum Gasteiger partial charge on any atom is -0.493 e. The number of hydrogen-bond acceptors (Lipinski definition) is 6. The van der Waals surface area contributed by atoms with E-state index in [1.807, 2.05) is 0 Å². The number of rotatable bonds is 5. The first kappa shape index (κ1) is 14.4. The molecule has 0 saturated heterocycles. The number of hydrogen-bond donors (Lipinski definition) is 0. The lowest BCUT2D eigenvalue weighted by atomic mass is 10.2. The molecule has 0 spiro atoms. The molecule has 2 rings (SSSR count). The van der Waals surface area contributed by atoms with Gasteiger partial charge in [-0.15, -0.1) is 0 Å². The molecule has 7 nitrogen and oxygen atoms in total. The van der Waals surface area contributed by atoms with E-state index in [9.17, 15) is 14.9 Å². The Kier molecular flexibility index (Phi) is 4.13. The maximum absolute atomic E-state index is 11.3. The van der Waals surface area contributed by atoms with E-state index in [2.05, 4.69) is 4.98 Å². The van der Waals surface area contributed by atoms with Crippen molar-refractivity contribution < 1.29 is 19.2 Å². The molecule has 1 heterocycles. The summed E-state index contributed by atoms with van der Waals surface area (Å²) in [6.07, 6.45) is 1.45. The van der Waals surface area contributed by atoms with Crippen molar-refractivity contribution >= 4 is 11.5 Å². The van der Waals surface area contributed by atoms with Crippen molar-refractivity contribution in [2.75, 3.05) is 7.11 Å². The van der Waals surface area contributed by atoms with Crippen LogP contribution in [-0.2, 0) is 0 Å². The van der Waals surface area contributed by atoms with Crippen LogP contribution in [0.4, 0.5) is 5.69 Å². The summed E-state index contributed by atoms with van der Waals surface area (Å²) in [5.74, 6) is 0.572. The fourth-order valence-electron chi connectivity index (χ4n) is 1.65. The number of nitro groups is 1. The molecule has 7 heteroatoms. The highest BCUT2D eigenvalue weighted by Crippen LogP contribution is 2.33. The normalized spacial score (nSPS) is 10.0. The van der Waals surface area contributed by atoms with E-state index in [1.54, 1.807) is 6.07 Å². The molecule has 0 aliphatic heterocycles. The van der Waals surface area contributed by atoms with Gasteiger partial charge in [-0.25, -0.2) is 4.98 Å². The van der Waals surface area contributed by atoms with Crippen molar-refractivity contribution in [2.24, 2.45) is 0 Å². The van der Waals surface area contributed by atoms with Crippen molar-refractivity contribution in [2.45, 2.75) is 6.92 Å². The molecule has 0 bridgehead atoms. The Hall–Kier alpha value is -2.96. The van der Waals surface area contributed by atoms with E-state index >= 15 is 0 Å². The third-order valence-electron chi connectivity index (χ3n) is 2.71. The SMILES string of the molecule is COc1cc([N+](=O)[O-])ccc1Oc1cc(C(C)=O)ccn1. The number of aromatic nitrogens is 1. The summed E-state index contributed by atoms with van der Waals surface area (Å²) in [7, 11) is 1.38. The molecule has 0 radical (unpaired) electrons. The van der Waals surface area contributed by atoms with Gasteiger partial charge in [0.2, 0.25) is 5.88 Å². The second-order valence-corrected chi connectivity index (χ2v) is 4.13. The summed E-state index contributed by atoms with van der Waals surface area (Å²) in [6, 6.07) is 7.03. The van der Waals surface area contributed by atoms with Crippen molar-refractivity contribution in [3.05, 3.63) is 52.2 Å². The maximum Gasteiger partial charge on any atom is 0.273 e.